The van der Waals surface area contributed by atoms with Gasteiger partial charge in [-0.1, -0.05) is 0 Å². The van der Waals surface area contributed by atoms with E-state index in [2.05, 4.69) is 15.3 Å². The molecule has 1 rings (SSSR count). The SMILES string of the molecule is Nc1cc(NCCCS(N)(=O)=O)nc(C(F)(F)F)n1. The number of nitrogens with one attached hydrogen (secondary N) is 1. The van der Waals surface area contributed by atoms with Gasteiger partial charge in [0.2, 0.25) is 15.8 Å². The lowest BCUT2D eigenvalue weighted by Gasteiger charge is -2.09. The summed E-state index contributed by atoms with van der Waals surface area (Å²) in [5.41, 5.74) is 5.22. The molecule has 19 heavy (non-hydrogen) atoms. The number of rotatable bonds is 5. The molecule has 1 heterocycles. The average Bonchev–Trinajstić information content (AvgIpc) is 2.21. The molecule has 7 nitrogen and oxygen atoms in total. The molecule has 0 aliphatic rings. The van der Waals surface area contributed by atoms with Crippen molar-refractivity contribution in [3.63, 3.8) is 0 Å². The van der Waals surface area contributed by atoms with E-state index in [4.69, 9.17) is 10.9 Å². The van der Waals surface area contributed by atoms with E-state index in [0.717, 1.165) is 6.07 Å². The third-order valence-corrected chi connectivity index (χ3v) is 2.77. The highest BCUT2D eigenvalue weighted by atomic mass is 32.2. The van der Waals surface area contributed by atoms with Gasteiger partial charge in [0, 0.05) is 12.6 Å². The number of primary sulfonamides is 1. The van der Waals surface area contributed by atoms with Crippen LogP contribution in [0.5, 0.6) is 0 Å². The minimum atomic E-state index is -4.70. The number of hydrogen-bond acceptors (Lipinski definition) is 6. The molecule has 108 valence electrons. The normalized spacial score (nSPS) is 12.4. The molecule has 0 spiro atoms. The highest BCUT2D eigenvalue weighted by Gasteiger charge is 2.35. The van der Waals surface area contributed by atoms with Crippen LogP contribution in [0.3, 0.4) is 0 Å². The second-order valence-electron chi connectivity index (χ2n) is 3.65. The molecule has 1 aromatic heterocycles. The molecule has 1 aromatic rings. The Morgan fingerprint density at radius 2 is 1.95 bits per heavy atom. The quantitative estimate of drug-likeness (QED) is 0.666. The van der Waals surface area contributed by atoms with Crippen LogP contribution in [0.25, 0.3) is 0 Å². The lowest BCUT2D eigenvalue weighted by molar-refractivity contribution is -0.144. The smallest absolute Gasteiger partial charge is 0.384 e. The van der Waals surface area contributed by atoms with E-state index < -0.39 is 22.0 Å². The first-order valence-corrected chi connectivity index (χ1v) is 6.75. The summed E-state index contributed by atoms with van der Waals surface area (Å²) in [6.07, 6.45) is -4.57. The molecule has 0 atom stereocenters. The summed E-state index contributed by atoms with van der Waals surface area (Å²) in [6, 6.07) is 1.12. The number of nitrogen functional groups attached to an aromatic ring is 1. The maximum absolute atomic E-state index is 12.4. The number of halogens is 3. The van der Waals surface area contributed by atoms with Crippen LogP contribution >= 0.6 is 0 Å². The van der Waals surface area contributed by atoms with Gasteiger partial charge in [0.25, 0.3) is 0 Å². The maximum Gasteiger partial charge on any atom is 0.451 e. The van der Waals surface area contributed by atoms with Crippen LogP contribution in [-0.2, 0) is 16.2 Å². The molecule has 0 aliphatic heterocycles. The van der Waals surface area contributed by atoms with Gasteiger partial charge < -0.3 is 11.1 Å². The Morgan fingerprint density at radius 3 is 2.47 bits per heavy atom. The van der Waals surface area contributed by atoms with Crippen molar-refractivity contribution in [3.8, 4) is 0 Å². The molecule has 0 aromatic carbocycles. The Bertz CT molecular complexity index is 546. The fraction of sp³-hybridized carbons (Fsp3) is 0.500. The van der Waals surface area contributed by atoms with Gasteiger partial charge in [0.15, 0.2) is 0 Å². The molecule has 11 heteroatoms. The molecule has 0 saturated carbocycles. The predicted octanol–water partition coefficient (Wildman–Crippen LogP) is 0.168. The van der Waals surface area contributed by atoms with E-state index in [0.29, 0.717) is 0 Å². The Balaban J connectivity index is 2.67. The summed E-state index contributed by atoms with van der Waals surface area (Å²) in [6.45, 7) is 0.0875. The third-order valence-electron chi connectivity index (χ3n) is 1.91. The fourth-order valence-electron chi connectivity index (χ4n) is 1.17. The van der Waals surface area contributed by atoms with Crippen molar-refractivity contribution < 1.29 is 21.6 Å². The highest BCUT2D eigenvalue weighted by molar-refractivity contribution is 7.89. The predicted molar refractivity (Wildman–Crippen MR) is 62.5 cm³/mol. The van der Waals surface area contributed by atoms with Gasteiger partial charge in [-0.25, -0.2) is 23.5 Å². The first kappa shape index (κ1) is 15.4. The molecular formula is C8H12F3N5O2S. The van der Waals surface area contributed by atoms with Crippen LogP contribution < -0.4 is 16.2 Å². The van der Waals surface area contributed by atoms with Crippen molar-refractivity contribution in [1.82, 2.24) is 9.97 Å². The zero-order valence-electron chi connectivity index (χ0n) is 9.61. The second-order valence-corrected chi connectivity index (χ2v) is 5.38. The standard InChI is InChI=1S/C8H12F3N5O2S/c9-8(10,11)7-15-5(12)4-6(16-7)14-2-1-3-19(13,17)18/h4H,1-3H2,(H2,13,17,18)(H3,12,14,15,16). The maximum atomic E-state index is 12.4. The van der Waals surface area contributed by atoms with E-state index in [9.17, 15) is 21.6 Å². The number of aromatic nitrogens is 2. The summed E-state index contributed by atoms with van der Waals surface area (Å²) in [7, 11) is -3.60. The first-order valence-electron chi connectivity index (χ1n) is 5.04. The van der Waals surface area contributed by atoms with Crippen molar-refractivity contribution in [2.45, 2.75) is 12.6 Å². The summed E-state index contributed by atoms with van der Waals surface area (Å²) >= 11 is 0. The van der Waals surface area contributed by atoms with E-state index in [1.54, 1.807) is 0 Å². The molecule has 0 bridgehead atoms. The largest absolute Gasteiger partial charge is 0.451 e. The number of nitrogens with two attached hydrogens (primary N) is 2. The molecule has 5 N–H and O–H groups in total. The van der Waals surface area contributed by atoms with Gasteiger partial charge in [-0.15, -0.1) is 0 Å². The van der Waals surface area contributed by atoms with Gasteiger partial charge in [-0.2, -0.15) is 13.2 Å². The average molecular weight is 299 g/mol. The van der Waals surface area contributed by atoms with Crippen molar-refractivity contribution >= 4 is 21.7 Å². The number of anilines is 2. The monoisotopic (exact) mass is 299 g/mol. The lowest BCUT2D eigenvalue weighted by atomic mass is 10.4. The van der Waals surface area contributed by atoms with Crippen LogP contribution in [-0.4, -0.2) is 30.7 Å². The summed E-state index contributed by atoms with van der Waals surface area (Å²) in [4.78, 5) is 6.29. The minimum absolute atomic E-state index is 0.0875. The minimum Gasteiger partial charge on any atom is -0.384 e. The third kappa shape index (κ3) is 5.70. The molecule has 0 radical (unpaired) electrons. The van der Waals surface area contributed by atoms with Crippen LogP contribution in [0.2, 0.25) is 0 Å². The van der Waals surface area contributed by atoms with Crippen LogP contribution in [0, 0.1) is 0 Å². The van der Waals surface area contributed by atoms with E-state index in [-0.39, 0.29) is 30.4 Å². The summed E-state index contributed by atoms with van der Waals surface area (Å²) in [5, 5.41) is 7.29. The number of alkyl halides is 3. The van der Waals surface area contributed by atoms with E-state index in [1.807, 2.05) is 0 Å². The Kier molecular flexibility index (Phi) is 4.52. The molecule has 0 amide bonds. The van der Waals surface area contributed by atoms with Crippen molar-refractivity contribution in [2.75, 3.05) is 23.3 Å². The molecular weight excluding hydrogens is 287 g/mol. The number of hydrogen-bond donors (Lipinski definition) is 3. The lowest BCUT2D eigenvalue weighted by Crippen LogP contribution is -2.19. The van der Waals surface area contributed by atoms with Crippen LogP contribution in [0.4, 0.5) is 24.8 Å². The summed E-state index contributed by atoms with van der Waals surface area (Å²) in [5.74, 6) is -2.11. The topological polar surface area (TPSA) is 124 Å². The number of nitrogens with zero attached hydrogens (tertiary/aromatic N) is 2. The summed E-state index contributed by atoms with van der Waals surface area (Å²) < 4.78 is 58.4. The molecule has 0 aliphatic carbocycles. The number of sulfonamides is 1. The Hall–Kier alpha value is -1.62. The van der Waals surface area contributed by atoms with Gasteiger partial charge in [-0.05, 0) is 6.42 Å². The Labute approximate surface area is 107 Å². The van der Waals surface area contributed by atoms with Crippen LogP contribution in [0.1, 0.15) is 12.2 Å². The van der Waals surface area contributed by atoms with Crippen molar-refractivity contribution in [2.24, 2.45) is 5.14 Å². The molecule has 0 saturated heterocycles. The first-order chi connectivity index (χ1) is 8.58. The zero-order chi connectivity index (χ0) is 14.7. The van der Waals surface area contributed by atoms with E-state index in [1.165, 1.54) is 0 Å². The van der Waals surface area contributed by atoms with Crippen molar-refractivity contribution in [1.29, 1.82) is 0 Å². The van der Waals surface area contributed by atoms with Gasteiger partial charge in [0.1, 0.15) is 11.6 Å². The Morgan fingerprint density at radius 1 is 1.32 bits per heavy atom. The molecule has 0 unspecified atom stereocenters. The van der Waals surface area contributed by atoms with Gasteiger partial charge >= 0.3 is 6.18 Å². The fourth-order valence-corrected chi connectivity index (χ4v) is 1.72. The van der Waals surface area contributed by atoms with Gasteiger partial charge in [-0.3, -0.25) is 0 Å². The van der Waals surface area contributed by atoms with E-state index >= 15 is 0 Å². The second kappa shape index (κ2) is 5.57. The zero-order valence-corrected chi connectivity index (χ0v) is 10.4. The van der Waals surface area contributed by atoms with Crippen LogP contribution in [0.15, 0.2) is 6.07 Å². The highest BCUT2D eigenvalue weighted by Crippen LogP contribution is 2.27. The molecule has 0 fully saturated rings. The van der Waals surface area contributed by atoms with Gasteiger partial charge in [0.05, 0.1) is 5.75 Å². The van der Waals surface area contributed by atoms with Crippen molar-refractivity contribution in [3.05, 3.63) is 11.9 Å².